The van der Waals surface area contributed by atoms with Crippen LogP contribution in [0.1, 0.15) is 388 Å². The second-order valence-corrected chi connectivity index (χ2v) is 31.4. The average molecular weight is 1430 g/mol. The largest absolute Gasteiger partial charge is 0.472 e. The van der Waals surface area contributed by atoms with E-state index in [9.17, 15) is 43.2 Å². The van der Waals surface area contributed by atoms with Gasteiger partial charge in [0.2, 0.25) is 0 Å². The molecule has 3 unspecified atom stereocenters. The molecule has 17 nitrogen and oxygen atoms in total. The van der Waals surface area contributed by atoms with Gasteiger partial charge in [0.1, 0.15) is 19.3 Å². The summed E-state index contributed by atoms with van der Waals surface area (Å²) in [6.45, 7) is 9.59. The molecule has 0 aliphatic heterocycles. The number of carbonyl (C=O) groups is 4. The number of aliphatic hydroxyl groups excluding tert-OH is 1. The van der Waals surface area contributed by atoms with Crippen molar-refractivity contribution in [2.45, 2.75) is 407 Å². The molecule has 98 heavy (non-hydrogen) atoms. The minimum absolute atomic E-state index is 0.101. The third-order valence-electron chi connectivity index (χ3n) is 18.2. The molecule has 0 aliphatic carbocycles. The summed E-state index contributed by atoms with van der Waals surface area (Å²) in [6, 6.07) is 0. The summed E-state index contributed by atoms with van der Waals surface area (Å²) in [5, 5.41) is 10.6. The monoisotopic (exact) mass is 1430 g/mol. The lowest BCUT2D eigenvalue weighted by atomic mass is 9.99. The van der Waals surface area contributed by atoms with Gasteiger partial charge in [0.25, 0.3) is 0 Å². The topological polar surface area (TPSA) is 237 Å². The number of esters is 4. The second kappa shape index (κ2) is 70.2. The fraction of sp³-hybridized carbons (Fsp3) is 0.899. The van der Waals surface area contributed by atoms with E-state index in [1.807, 2.05) is 0 Å². The zero-order chi connectivity index (χ0) is 72.1. The van der Waals surface area contributed by atoms with E-state index in [0.717, 1.165) is 121 Å². The molecule has 0 rings (SSSR count). The molecule has 0 aliphatic rings. The van der Waals surface area contributed by atoms with Crippen LogP contribution in [0.15, 0.2) is 24.3 Å². The standard InChI is InChI=1S/C79H150O17P2/c1-7-10-12-14-16-18-20-22-23-27-31-38-44-50-56-62-77(82)90-67-74(95-78(83)63-57-51-45-39-32-28-25-24-26-29-36-42-48-54-60-72(6)9-3)69-93-97(85,86)91-65-73(80)66-92-98(87,88)94-70-75(68-89-76(81)61-55-49-43-37-30-21-19-17-15-13-11-8-2)96-79(84)64-58-52-46-40-34-33-35-41-47-53-59-71(4)5/h18,20,22-23,71-75,80H,7-17,19,21,24-70H2,1-6H3,(H,85,86)(H,87,88)/b20-18-,23-22-/t72?,73-,74-,75-/m1/s1. The van der Waals surface area contributed by atoms with E-state index >= 15 is 0 Å². The zero-order valence-corrected chi connectivity index (χ0v) is 65.4. The quantitative estimate of drug-likeness (QED) is 0.0169. The van der Waals surface area contributed by atoms with Crippen molar-refractivity contribution in [1.82, 2.24) is 0 Å². The van der Waals surface area contributed by atoms with Gasteiger partial charge in [-0.3, -0.25) is 37.3 Å². The summed E-state index contributed by atoms with van der Waals surface area (Å²) in [5.74, 6) is -0.546. The van der Waals surface area contributed by atoms with Gasteiger partial charge >= 0.3 is 39.5 Å². The number of aliphatic hydroxyl groups is 1. The molecule has 6 atom stereocenters. The highest BCUT2D eigenvalue weighted by Crippen LogP contribution is 2.45. The summed E-state index contributed by atoms with van der Waals surface area (Å²) in [5.41, 5.74) is 0. The first kappa shape index (κ1) is 95.5. The molecule has 0 amide bonds. The minimum atomic E-state index is -4.97. The lowest BCUT2D eigenvalue weighted by Gasteiger charge is -2.21. The fourth-order valence-electron chi connectivity index (χ4n) is 11.6. The number of unbranched alkanes of at least 4 members (excludes halogenated alkanes) is 42. The van der Waals surface area contributed by atoms with Gasteiger partial charge < -0.3 is 33.8 Å². The summed E-state index contributed by atoms with van der Waals surface area (Å²) in [4.78, 5) is 72.9. The van der Waals surface area contributed by atoms with Crippen molar-refractivity contribution in [1.29, 1.82) is 0 Å². The van der Waals surface area contributed by atoms with Crippen LogP contribution in [0.4, 0.5) is 0 Å². The number of phosphoric acid groups is 2. The lowest BCUT2D eigenvalue weighted by Crippen LogP contribution is -2.30. The molecule has 0 saturated heterocycles. The molecule has 19 heteroatoms. The zero-order valence-electron chi connectivity index (χ0n) is 63.6. The molecule has 0 radical (unpaired) electrons. The number of allylic oxidation sites excluding steroid dienone is 4. The van der Waals surface area contributed by atoms with E-state index < -0.39 is 97.5 Å². The summed E-state index contributed by atoms with van der Waals surface area (Å²) in [6.07, 6.45) is 61.6. The Morgan fingerprint density at radius 1 is 0.337 bits per heavy atom. The molecule has 0 aromatic carbocycles. The predicted octanol–water partition coefficient (Wildman–Crippen LogP) is 23.1. The maximum Gasteiger partial charge on any atom is 0.472 e. The summed E-state index contributed by atoms with van der Waals surface area (Å²) >= 11 is 0. The van der Waals surface area contributed by atoms with Gasteiger partial charge in [-0.1, -0.05) is 336 Å². The number of ether oxygens (including phenoxy) is 4. The smallest absolute Gasteiger partial charge is 0.462 e. The predicted molar refractivity (Wildman–Crippen MR) is 400 cm³/mol. The van der Waals surface area contributed by atoms with E-state index in [4.69, 9.17) is 37.0 Å². The van der Waals surface area contributed by atoms with E-state index in [1.165, 1.54) is 186 Å². The Morgan fingerprint density at radius 3 is 0.918 bits per heavy atom. The third-order valence-corrected chi connectivity index (χ3v) is 20.1. The highest BCUT2D eigenvalue weighted by molar-refractivity contribution is 7.47. The van der Waals surface area contributed by atoms with Crippen molar-refractivity contribution >= 4 is 39.5 Å². The molecule has 0 saturated carbocycles. The fourth-order valence-corrected chi connectivity index (χ4v) is 13.2. The Morgan fingerprint density at radius 2 is 0.602 bits per heavy atom. The van der Waals surface area contributed by atoms with E-state index in [1.54, 1.807) is 0 Å². The van der Waals surface area contributed by atoms with Crippen LogP contribution in [0.3, 0.4) is 0 Å². The van der Waals surface area contributed by atoms with Gasteiger partial charge in [0, 0.05) is 25.7 Å². The third kappa shape index (κ3) is 70.6. The normalized spacial score (nSPS) is 14.4. The number of hydrogen-bond donors (Lipinski definition) is 3. The molecule has 0 aromatic heterocycles. The number of phosphoric ester groups is 2. The average Bonchev–Trinajstić information content (AvgIpc) is 0.942. The van der Waals surface area contributed by atoms with Crippen molar-refractivity contribution in [3.8, 4) is 0 Å². The summed E-state index contributed by atoms with van der Waals surface area (Å²) < 4.78 is 68.6. The Balaban J connectivity index is 5.30. The first-order valence-corrected chi connectivity index (χ1v) is 43.3. The molecular formula is C79H150O17P2. The van der Waals surface area contributed by atoms with Crippen molar-refractivity contribution in [3.63, 3.8) is 0 Å². The van der Waals surface area contributed by atoms with Crippen LogP contribution < -0.4 is 0 Å². The number of rotatable bonds is 76. The highest BCUT2D eigenvalue weighted by Gasteiger charge is 2.30. The van der Waals surface area contributed by atoms with Crippen LogP contribution >= 0.6 is 15.6 Å². The van der Waals surface area contributed by atoms with Crippen LogP contribution in [0.25, 0.3) is 0 Å². The lowest BCUT2D eigenvalue weighted by molar-refractivity contribution is -0.161. The first-order chi connectivity index (χ1) is 47.4. The molecule has 0 fully saturated rings. The highest BCUT2D eigenvalue weighted by atomic mass is 31.2. The van der Waals surface area contributed by atoms with Gasteiger partial charge in [-0.25, -0.2) is 9.13 Å². The molecule has 578 valence electrons. The maximum absolute atomic E-state index is 13.1. The van der Waals surface area contributed by atoms with Crippen molar-refractivity contribution < 1.29 is 80.2 Å². The van der Waals surface area contributed by atoms with Crippen LogP contribution in [-0.4, -0.2) is 96.7 Å². The van der Waals surface area contributed by atoms with Gasteiger partial charge in [0.05, 0.1) is 26.4 Å². The van der Waals surface area contributed by atoms with Gasteiger partial charge in [-0.2, -0.15) is 0 Å². The van der Waals surface area contributed by atoms with Gasteiger partial charge in [0.15, 0.2) is 12.2 Å². The minimum Gasteiger partial charge on any atom is -0.462 e. The number of carbonyl (C=O) groups excluding carboxylic acids is 4. The van der Waals surface area contributed by atoms with Gasteiger partial charge in [-0.15, -0.1) is 0 Å². The Hall–Kier alpha value is -2.46. The Bertz CT molecular complexity index is 1990. The van der Waals surface area contributed by atoms with Crippen molar-refractivity contribution in [2.75, 3.05) is 39.6 Å². The van der Waals surface area contributed by atoms with Crippen LogP contribution in [0, 0.1) is 11.8 Å². The van der Waals surface area contributed by atoms with Crippen LogP contribution in [0.2, 0.25) is 0 Å². The molecule has 0 aromatic rings. The number of hydrogen-bond acceptors (Lipinski definition) is 15. The van der Waals surface area contributed by atoms with Crippen LogP contribution in [-0.2, 0) is 65.4 Å². The SMILES string of the molecule is CCCCCC/C=C\C=C/CCCCCCCC(=O)OC[C@H](COP(=O)(O)OC[C@@H](O)COP(=O)(O)OC[C@@H](COC(=O)CCCCCCCCCCCCCC)OC(=O)CCCCCCCCCCCCC(C)C)OC(=O)CCCCCCCCCCCCCCCCC(C)CC. The van der Waals surface area contributed by atoms with E-state index in [-0.39, 0.29) is 25.7 Å². The summed E-state index contributed by atoms with van der Waals surface area (Å²) in [7, 11) is -9.93. The van der Waals surface area contributed by atoms with Crippen LogP contribution in [0.5, 0.6) is 0 Å². The molecule has 0 bridgehead atoms. The molecule has 0 spiro atoms. The Labute approximate surface area is 599 Å². The van der Waals surface area contributed by atoms with Crippen molar-refractivity contribution in [3.05, 3.63) is 24.3 Å². The van der Waals surface area contributed by atoms with Gasteiger partial charge in [-0.05, 0) is 63.2 Å². The first-order valence-electron chi connectivity index (χ1n) is 40.3. The second-order valence-electron chi connectivity index (χ2n) is 28.5. The van der Waals surface area contributed by atoms with Crippen molar-refractivity contribution in [2.24, 2.45) is 11.8 Å². The Kier molecular flexibility index (Phi) is 68.5. The van der Waals surface area contributed by atoms with E-state index in [2.05, 4.69) is 65.8 Å². The molecular weight excluding hydrogens is 1280 g/mol. The maximum atomic E-state index is 13.1. The molecule has 3 N–H and O–H groups in total. The van der Waals surface area contributed by atoms with E-state index in [0.29, 0.717) is 25.7 Å². The molecule has 0 heterocycles.